The molecule has 2 heterocycles. The molecule has 0 aliphatic heterocycles. The quantitative estimate of drug-likeness (QED) is 0.328. The fraction of sp³-hybridized carbons (Fsp3) is 0. The second kappa shape index (κ2) is 7.59. The van der Waals surface area contributed by atoms with Crippen LogP contribution in [0.25, 0.3) is 21.3 Å². The van der Waals surface area contributed by atoms with E-state index < -0.39 is 0 Å². The Morgan fingerprint density at radius 1 is 1.04 bits per heavy atom. The van der Waals surface area contributed by atoms with Gasteiger partial charge in [0, 0.05) is 26.1 Å². The van der Waals surface area contributed by atoms with Crippen molar-refractivity contribution < 1.29 is 4.79 Å². The first-order valence-corrected chi connectivity index (χ1v) is 10.7. The van der Waals surface area contributed by atoms with Crippen LogP contribution in [0.2, 0.25) is 20.1 Å². The highest BCUT2D eigenvalue weighted by Gasteiger charge is 2.20. The predicted molar refractivity (Wildman–Crippen MR) is 117 cm³/mol. The van der Waals surface area contributed by atoms with Crippen molar-refractivity contribution in [2.24, 2.45) is 0 Å². The summed E-state index contributed by atoms with van der Waals surface area (Å²) in [7, 11) is 0. The molecule has 2 aromatic heterocycles. The number of nitrogens with zero attached hydrogens (tertiary/aromatic N) is 1. The van der Waals surface area contributed by atoms with Crippen LogP contribution in [0, 0.1) is 0 Å². The number of thiophene rings is 1. The van der Waals surface area contributed by atoms with Crippen molar-refractivity contribution in [1.82, 2.24) is 4.98 Å². The van der Waals surface area contributed by atoms with E-state index in [1.54, 1.807) is 24.3 Å². The van der Waals surface area contributed by atoms with Crippen LogP contribution in [0.4, 0.5) is 5.13 Å². The minimum Gasteiger partial charge on any atom is -0.297 e. The molecule has 0 spiro atoms. The number of thiazole rings is 1. The van der Waals surface area contributed by atoms with Crippen LogP contribution in [-0.4, -0.2) is 10.9 Å². The number of carbonyl (C=O) groups excluding carboxylic acids is 1. The number of amides is 1. The number of hydrogen-bond acceptors (Lipinski definition) is 4. The van der Waals surface area contributed by atoms with Gasteiger partial charge < -0.3 is 0 Å². The van der Waals surface area contributed by atoms with Crippen molar-refractivity contribution in [3.05, 3.63) is 66.7 Å². The third-order valence-corrected chi connectivity index (χ3v) is 7.01. The highest BCUT2D eigenvalue weighted by molar-refractivity contribution is 7.22. The van der Waals surface area contributed by atoms with E-state index in [9.17, 15) is 4.79 Å². The topological polar surface area (TPSA) is 42.0 Å². The van der Waals surface area contributed by atoms with Crippen molar-refractivity contribution in [1.29, 1.82) is 0 Å². The zero-order valence-corrected chi connectivity index (χ0v) is 17.9. The van der Waals surface area contributed by atoms with Gasteiger partial charge in [-0.1, -0.05) is 52.5 Å². The van der Waals surface area contributed by atoms with Gasteiger partial charge in [0.15, 0.2) is 5.13 Å². The molecule has 0 aliphatic carbocycles. The molecular formula is C18H8Cl4N2OS2. The number of anilines is 1. The lowest BCUT2D eigenvalue weighted by Gasteiger charge is -2.02. The van der Waals surface area contributed by atoms with Gasteiger partial charge in [-0.2, -0.15) is 0 Å². The summed E-state index contributed by atoms with van der Waals surface area (Å²) >= 11 is 27.3. The third-order valence-electron chi connectivity index (χ3n) is 3.74. The number of rotatable bonds is 3. The van der Waals surface area contributed by atoms with E-state index in [1.807, 2.05) is 17.5 Å². The Kier molecular flexibility index (Phi) is 5.34. The molecule has 0 aliphatic rings. The number of aromatic nitrogens is 1. The maximum Gasteiger partial charge on any atom is 0.269 e. The molecule has 2 aromatic carbocycles. The smallest absolute Gasteiger partial charge is 0.269 e. The molecule has 136 valence electrons. The van der Waals surface area contributed by atoms with E-state index in [-0.39, 0.29) is 5.91 Å². The molecule has 4 rings (SSSR count). The van der Waals surface area contributed by atoms with Crippen LogP contribution in [0.1, 0.15) is 9.67 Å². The molecule has 0 radical (unpaired) electrons. The van der Waals surface area contributed by atoms with Crippen LogP contribution in [0.3, 0.4) is 0 Å². The lowest BCUT2D eigenvalue weighted by atomic mass is 10.2. The minimum atomic E-state index is -0.333. The lowest BCUT2D eigenvalue weighted by Crippen LogP contribution is -2.10. The third kappa shape index (κ3) is 3.68. The van der Waals surface area contributed by atoms with Crippen LogP contribution in [-0.2, 0) is 0 Å². The second-order valence-corrected chi connectivity index (χ2v) is 9.01. The minimum absolute atomic E-state index is 0.333. The highest BCUT2D eigenvalue weighted by Crippen LogP contribution is 2.40. The first-order valence-electron chi connectivity index (χ1n) is 7.53. The maximum atomic E-state index is 12.7. The Bertz CT molecular complexity index is 1190. The number of benzene rings is 2. The van der Waals surface area contributed by atoms with Crippen molar-refractivity contribution >= 4 is 90.2 Å². The molecule has 0 bridgehead atoms. The van der Waals surface area contributed by atoms with Crippen LogP contribution < -0.4 is 5.32 Å². The number of halogens is 4. The van der Waals surface area contributed by atoms with Gasteiger partial charge in [0.25, 0.3) is 5.91 Å². The Morgan fingerprint density at radius 2 is 1.85 bits per heavy atom. The molecule has 0 saturated carbocycles. The van der Waals surface area contributed by atoms with Crippen molar-refractivity contribution in [2.75, 3.05) is 5.32 Å². The first-order chi connectivity index (χ1) is 12.9. The Balaban J connectivity index is 1.62. The number of hydrogen-bond donors (Lipinski definition) is 1. The predicted octanol–water partition coefficient (Wildman–Crippen LogP) is 7.89. The fourth-order valence-electron chi connectivity index (χ4n) is 2.52. The average molecular weight is 474 g/mol. The lowest BCUT2D eigenvalue weighted by molar-refractivity contribution is 0.103. The average Bonchev–Trinajstić information content (AvgIpc) is 3.20. The molecule has 0 atom stereocenters. The highest BCUT2D eigenvalue weighted by atomic mass is 35.5. The van der Waals surface area contributed by atoms with Gasteiger partial charge in [0.05, 0.1) is 20.8 Å². The molecule has 9 heteroatoms. The van der Waals surface area contributed by atoms with Gasteiger partial charge in [-0.05, 0) is 30.3 Å². The summed E-state index contributed by atoms with van der Waals surface area (Å²) in [6.07, 6.45) is 0. The summed E-state index contributed by atoms with van der Waals surface area (Å²) in [4.78, 5) is 17.5. The second-order valence-electron chi connectivity index (χ2n) is 5.47. The van der Waals surface area contributed by atoms with Gasteiger partial charge in [-0.25, -0.2) is 4.98 Å². The summed E-state index contributed by atoms with van der Waals surface area (Å²) in [6.45, 7) is 0. The molecule has 3 nitrogen and oxygen atoms in total. The fourth-order valence-corrected chi connectivity index (χ4v) is 5.58. The molecule has 4 aromatic rings. The number of carbonyl (C=O) groups is 1. The van der Waals surface area contributed by atoms with E-state index in [1.165, 1.54) is 22.7 Å². The molecule has 0 unspecified atom stereocenters. The molecule has 1 N–H and O–H groups in total. The SMILES string of the molecule is O=C(Nc1nc(-c2ccc(Cl)cc2Cl)cs1)c1sc2cccc(Cl)c2c1Cl. The van der Waals surface area contributed by atoms with Gasteiger partial charge in [0.1, 0.15) is 4.88 Å². The monoisotopic (exact) mass is 472 g/mol. The standard InChI is InChI=1S/C18H8Cl4N2OS2/c19-8-4-5-9(11(21)6-8)12-7-26-18(23-12)24-17(25)16-15(22)14-10(20)2-1-3-13(14)27-16/h1-7H,(H,23,24,25). The van der Waals surface area contributed by atoms with Gasteiger partial charge >= 0.3 is 0 Å². The summed E-state index contributed by atoms with van der Waals surface area (Å²) in [5.74, 6) is -0.333. The van der Waals surface area contributed by atoms with Crippen molar-refractivity contribution in [2.45, 2.75) is 0 Å². The van der Waals surface area contributed by atoms with E-state index in [0.717, 1.165) is 10.3 Å². The Hall–Kier alpha value is -1.34. The maximum absolute atomic E-state index is 12.7. The van der Waals surface area contributed by atoms with Gasteiger partial charge in [-0.3, -0.25) is 10.1 Å². The first kappa shape index (κ1) is 19.0. The van der Waals surface area contributed by atoms with Crippen LogP contribution >= 0.6 is 69.1 Å². The Morgan fingerprint density at radius 3 is 2.59 bits per heavy atom. The van der Waals surface area contributed by atoms with Gasteiger partial charge in [0.2, 0.25) is 0 Å². The molecule has 1 amide bonds. The number of fused-ring (bicyclic) bond motifs is 1. The summed E-state index contributed by atoms with van der Waals surface area (Å²) in [5.41, 5.74) is 1.40. The van der Waals surface area contributed by atoms with Crippen LogP contribution in [0.15, 0.2) is 41.8 Å². The molecule has 0 fully saturated rings. The zero-order chi connectivity index (χ0) is 19.1. The van der Waals surface area contributed by atoms with Crippen molar-refractivity contribution in [3.63, 3.8) is 0 Å². The molecule has 0 saturated heterocycles. The van der Waals surface area contributed by atoms with E-state index >= 15 is 0 Å². The normalized spacial score (nSPS) is 11.1. The molecule has 27 heavy (non-hydrogen) atoms. The van der Waals surface area contributed by atoms with E-state index in [4.69, 9.17) is 46.4 Å². The number of nitrogens with one attached hydrogen (secondary N) is 1. The zero-order valence-electron chi connectivity index (χ0n) is 13.2. The largest absolute Gasteiger partial charge is 0.297 e. The Labute approximate surface area is 182 Å². The van der Waals surface area contributed by atoms with Gasteiger partial charge in [-0.15, -0.1) is 22.7 Å². The van der Waals surface area contributed by atoms with Crippen molar-refractivity contribution in [3.8, 4) is 11.3 Å². The summed E-state index contributed by atoms with van der Waals surface area (Å²) in [6, 6.07) is 10.6. The summed E-state index contributed by atoms with van der Waals surface area (Å²) < 4.78 is 0.852. The molecular weight excluding hydrogens is 466 g/mol. The summed E-state index contributed by atoms with van der Waals surface area (Å²) in [5, 5.41) is 7.62. The van der Waals surface area contributed by atoms with E-state index in [0.29, 0.717) is 41.2 Å². The van der Waals surface area contributed by atoms with E-state index in [2.05, 4.69) is 10.3 Å². The van der Waals surface area contributed by atoms with Crippen LogP contribution in [0.5, 0.6) is 0 Å².